The first kappa shape index (κ1) is 30.3. The Hall–Kier alpha value is -1.68. The summed E-state index contributed by atoms with van der Waals surface area (Å²) in [6.07, 6.45) is 14.7. The van der Waals surface area contributed by atoms with E-state index in [0.717, 1.165) is 30.2 Å². The average molecular weight is 538 g/mol. The first-order chi connectivity index (χ1) is 18.5. The molecule has 0 saturated heterocycles. The van der Waals surface area contributed by atoms with Crippen LogP contribution in [0.15, 0.2) is 30.3 Å². The second-order valence-corrected chi connectivity index (χ2v) is 14.6. The summed E-state index contributed by atoms with van der Waals surface area (Å²) in [7, 11) is 2.09. The molecule has 218 valence electrons. The number of ether oxygens (including phenoxy) is 1. The Morgan fingerprint density at radius 2 is 1.77 bits per heavy atom. The van der Waals surface area contributed by atoms with Crippen LogP contribution >= 0.6 is 0 Å². The summed E-state index contributed by atoms with van der Waals surface area (Å²) < 4.78 is 5.51. The summed E-state index contributed by atoms with van der Waals surface area (Å²) in [5.41, 5.74) is 1.70. The maximum Gasteiger partial charge on any atom is 0.306 e. The smallest absolute Gasteiger partial charge is 0.306 e. The van der Waals surface area contributed by atoms with Gasteiger partial charge in [0.2, 0.25) is 0 Å². The van der Waals surface area contributed by atoms with Crippen molar-refractivity contribution in [1.29, 1.82) is 0 Å². The lowest BCUT2D eigenvalue weighted by Crippen LogP contribution is -2.65. The highest BCUT2D eigenvalue weighted by Crippen LogP contribution is 2.72. The number of nitrogens with one attached hydrogen (secondary N) is 1. The summed E-state index contributed by atoms with van der Waals surface area (Å²) in [6.45, 7) is 12.7. The Kier molecular flexibility index (Phi) is 9.36. The molecule has 4 heteroatoms. The number of carbonyl (C=O) groups excluding carboxylic acids is 2. The van der Waals surface area contributed by atoms with Crippen LogP contribution in [0.2, 0.25) is 0 Å². The van der Waals surface area contributed by atoms with Gasteiger partial charge in [0.25, 0.3) is 0 Å². The van der Waals surface area contributed by atoms with E-state index in [-0.39, 0.29) is 22.3 Å². The Morgan fingerprint density at radius 3 is 2.46 bits per heavy atom. The molecule has 3 fully saturated rings. The van der Waals surface area contributed by atoms with Crippen LogP contribution < -0.4 is 5.32 Å². The van der Waals surface area contributed by atoms with Gasteiger partial charge in [-0.2, -0.15) is 0 Å². The SMILES string of the molecule is CNC(C)(C)[C@@H]1CCC2(C)[C@H](CCC3[C@@H](CCCCC(=O)OCc4ccccc4)CCC[C@]32C)C1(C)CC=O. The van der Waals surface area contributed by atoms with Crippen molar-refractivity contribution >= 4 is 12.3 Å². The monoisotopic (exact) mass is 537 g/mol. The van der Waals surface area contributed by atoms with Crippen molar-refractivity contribution in [2.45, 2.75) is 124 Å². The van der Waals surface area contributed by atoms with E-state index in [9.17, 15) is 9.59 Å². The van der Waals surface area contributed by atoms with Gasteiger partial charge in [-0.15, -0.1) is 0 Å². The third kappa shape index (κ3) is 5.74. The van der Waals surface area contributed by atoms with E-state index in [2.05, 4.69) is 47.0 Å². The molecule has 4 nitrogen and oxygen atoms in total. The van der Waals surface area contributed by atoms with Crippen LogP contribution in [0.3, 0.4) is 0 Å². The van der Waals surface area contributed by atoms with Crippen molar-refractivity contribution in [3.63, 3.8) is 0 Å². The van der Waals surface area contributed by atoms with Gasteiger partial charge in [0, 0.05) is 18.4 Å². The van der Waals surface area contributed by atoms with Gasteiger partial charge in [-0.1, -0.05) is 76.8 Å². The zero-order valence-electron chi connectivity index (χ0n) is 25.7. The zero-order valence-corrected chi connectivity index (χ0v) is 25.7. The highest BCUT2D eigenvalue weighted by molar-refractivity contribution is 5.69. The molecular formula is C35H55NO3. The molecular weight excluding hydrogens is 482 g/mol. The molecule has 3 aliphatic carbocycles. The molecule has 1 aromatic rings. The van der Waals surface area contributed by atoms with Gasteiger partial charge >= 0.3 is 5.97 Å². The van der Waals surface area contributed by atoms with Gasteiger partial charge < -0.3 is 14.8 Å². The van der Waals surface area contributed by atoms with Crippen LogP contribution in [0, 0.1) is 39.9 Å². The van der Waals surface area contributed by atoms with Gasteiger partial charge in [0.1, 0.15) is 12.9 Å². The molecule has 0 spiro atoms. The van der Waals surface area contributed by atoms with Crippen LogP contribution in [-0.2, 0) is 20.9 Å². The quantitative estimate of drug-likeness (QED) is 0.176. The second kappa shape index (κ2) is 12.0. The molecule has 3 saturated carbocycles. The second-order valence-electron chi connectivity index (χ2n) is 14.6. The van der Waals surface area contributed by atoms with Gasteiger partial charge in [-0.3, -0.25) is 4.79 Å². The summed E-state index contributed by atoms with van der Waals surface area (Å²) in [6, 6.07) is 9.93. The first-order valence-electron chi connectivity index (χ1n) is 15.8. The molecule has 4 rings (SSSR count). The Morgan fingerprint density at radius 1 is 1.03 bits per heavy atom. The van der Waals surface area contributed by atoms with E-state index in [1.54, 1.807) is 0 Å². The predicted molar refractivity (Wildman–Crippen MR) is 159 cm³/mol. The molecule has 0 amide bonds. The van der Waals surface area contributed by atoms with Gasteiger partial charge in [0.15, 0.2) is 0 Å². The van der Waals surface area contributed by atoms with Crippen molar-refractivity contribution in [3.05, 3.63) is 35.9 Å². The number of aldehydes is 1. The zero-order chi connectivity index (χ0) is 28.3. The minimum atomic E-state index is -0.0731. The van der Waals surface area contributed by atoms with Crippen molar-refractivity contribution in [2.75, 3.05) is 7.05 Å². The number of benzene rings is 1. The van der Waals surface area contributed by atoms with Gasteiger partial charge in [-0.25, -0.2) is 0 Å². The predicted octanol–water partition coefficient (Wildman–Crippen LogP) is 8.13. The van der Waals surface area contributed by atoms with Crippen LogP contribution in [-0.4, -0.2) is 24.8 Å². The standard InChI is InChI=1S/C35H55NO3/c1-32(2,36-6)29-20-22-35(5)30(33(29,3)23-24-37)19-18-28-27(16-12-21-34(28,35)4)15-10-11-17-31(38)39-25-26-13-8-7-9-14-26/h7-9,13-14,24,27-30,36H,10-12,15-23,25H2,1-6H3/t27-,28?,29-,30+,33?,34+,35?/m0/s1. The molecule has 1 aromatic carbocycles. The number of fused-ring (bicyclic) bond motifs is 3. The maximum absolute atomic E-state index is 12.3. The number of hydrogen-bond acceptors (Lipinski definition) is 4. The minimum Gasteiger partial charge on any atom is -0.461 e. The minimum absolute atomic E-state index is 0.0220. The lowest BCUT2D eigenvalue weighted by Gasteiger charge is -2.70. The number of rotatable bonds is 11. The fourth-order valence-electron chi connectivity index (χ4n) is 10.2. The Balaban J connectivity index is 1.39. The van der Waals surface area contributed by atoms with E-state index >= 15 is 0 Å². The molecule has 0 aromatic heterocycles. The first-order valence-corrected chi connectivity index (χ1v) is 15.8. The molecule has 7 atom stereocenters. The Bertz CT molecular complexity index is 975. The van der Waals surface area contributed by atoms with E-state index in [1.807, 2.05) is 30.3 Å². The number of hydrogen-bond donors (Lipinski definition) is 1. The normalized spacial score (nSPS) is 36.5. The summed E-state index contributed by atoms with van der Waals surface area (Å²) >= 11 is 0. The topological polar surface area (TPSA) is 55.4 Å². The van der Waals surface area contributed by atoms with E-state index < -0.39 is 0 Å². The number of unbranched alkanes of at least 4 members (excludes halogenated alkanes) is 1. The molecule has 0 radical (unpaired) electrons. The van der Waals surface area contributed by atoms with Gasteiger partial charge in [0.05, 0.1) is 0 Å². The summed E-state index contributed by atoms with van der Waals surface area (Å²) in [5, 5.41) is 3.61. The molecule has 0 heterocycles. The fraction of sp³-hybridized carbons (Fsp3) is 0.771. The van der Waals surface area contributed by atoms with E-state index in [0.29, 0.717) is 36.7 Å². The van der Waals surface area contributed by atoms with Crippen molar-refractivity contribution in [1.82, 2.24) is 5.32 Å². The van der Waals surface area contributed by atoms with Crippen LogP contribution in [0.25, 0.3) is 0 Å². The fourth-order valence-corrected chi connectivity index (χ4v) is 10.2. The van der Waals surface area contributed by atoms with E-state index in [4.69, 9.17) is 4.74 Å². The molecule has 39 heavy (non-hydrogen) atoms. The number of carbonyl (C=O) groups is 2. The van der Waals surface area contributed by atoms with Crippen LogP contribution in [0.1, 0.15) is 117 Å². The van der Waals surface area contributed by atoms with Crippen LogP contribution in [0.4, 0.5) is 0 Å². The highest BCUT2D eigenvalue weighted by atomic mass is 16.5. The maximum atomic E-state index is 12.3. The highest BCUT2D eigenvalue weighted by Gasteiger charge is 2.65. The van der Waals surface area contributed by atoms with Crippen molar-refractivity contribution in [2.24, 2.45) is 39.9 Å². The third-order valence-electron chi connectivity index (χ3n) is 12.5. The lowest BCUT2D eigenvalue weighted by atomic mass is 9.35. The molecule has 3 aliphatic rings. The molecule has 3 unspecified atom stereocenters. The molecule has 0 bridgehead atoms. The van der Waals surface area contributed by atoms with Crippen LogP contribution in [0.5, 0.6) is 0 Å². The largest absolute Gasteiger partial charge is 0.461 e. The number of esters is 1. The summed E-state index contributed by atoms with van der Waals surface area (Å²) in [4.78, 5) is 24.4. The molecule has 0 aliphatic heterocycles. The summed E-state index contributed by atoms with van der Waals surface area (Å²) in [5.74, 6) is 2.52. The average Bonchev–Trinajstić information content (AvgIpc) is 2.91. The molecule has 1 N–H and O–H groups in total. The third-order valence-corrected chi connectivity index (χ3v) is 12.5. The lowest BCUT2D eigenvalue weighted by molar-refractivity contribution is -0.208. The van der Waals surface area contributed by atoms with Crippen molar-refractivity contribution in [3.8, 4) is 0 Å². The Labute approximate surface area is 238 Å². The van der Waals surface area contributed by atoms with E-state index in [1.165, 1.54) is 57.7 Å². The van der Waals surface area contributed by atoms with Crippen molar-refractivity contribution < 1.29 is 14.3 Å². The van der Waals surface area contributed by atoms with Gasteiger partial charge in [-0.05, 0) is 105 Å².